The van der Waals surface area contributed by atoms with Gasteiger partial charge in [0.25, 0.3) is 0 Å². The van der Waals surface area contributed by atoms with Crippen LogP contribution < -0.4 is 0 Å². The van der Waals surface area contributed by atoms with Crippen molar-refractivity contribution in [3.63, 3.8) is 0 Å². The van der Waals surface area contributed by atoms with Crippen molar-refractivity contribution in [1.29, 1.82) is 0 Å². The summed E-state index contributed by atoms with van der Waals surface area (Å²) in [6, 6.07) is 11.3. The molecule has 3 heterocycles. The number of aryl methyl sites for hydroxylation is 1. The lowest BCUT2D eigenvalue weighted by atomic mass is 10.0. The van der Waals surface area contributed by atoms with E-state index in [-0.39, 0.29) is 23.5 Å². The fourth-order valence-corrected chi connectivity index (χ4v) is 3.97. The van der Waals surface area contributed by atoms with E-state index in [1.165, 1.54) is 23.4 Å². The molecule has 1 aromatic carbocycles. The molecule has 1 aliphatic heterocycles. The number of benzene rings is 1. The largest absolute Gasteiger partial charge is 0.459 e. The van der Waals surface area contributed by atoms with E-state index < -0.39 is 0 Å². The van der Waals surface area contributed by atoms with Crippen molar-refractivity contribution in [1.82, 2.24) is 5.01 Å². The van der Waals surface area contributed by atoms with Crippen LogP contribution >= 0.6 is 11.3 Å². The highest BCUT2D eigenvalue weighted by molar-refractivity contribution is 7.10. The minimum atomic E-state index is -0.295. The number of halogens is 1. The van der Waals surface area contributed by atoms with E-state index in [9.17, 15) is 9.18 Å². The number of hydrazone groups is 1. The van der Waals surface area contributed by atoms with Gasteiger partial charge >= 0.3 is 5.91 Å². The first-order chi connectivity index (χ1) is 12.1. The van der Waals surface area contributed by atoms with E-state index in [0.717, 1.165) is 21.7 Å². The summed E-state index contributed by atoms with van der Waals surface area (Å²) in [7, 11) is 0. The molecule has 0 spiro atoms. The van der Waals surface area contributed by atoms with E-state index in [1.807, 2.05) is 18.4 Å². The van der Waals surface area contributed by atoms with Gasteiger partial charge in [0.05, 0.1) is 18.0 Å². The molecule has 4 rings (SSSR count). The number of hydrogen-bond donors (Lipinski definition) is 0. The number of amides is 1. The number of carbonyl (C=O) groups is 1. The van der Waals surface area contributed by atoms with Crippen molar-refractivity contribution in [2.24, 2.45) is 5.10 Å². The number of thiophene rings is 1. The molecule has 1 amide bonds. The Balaban J connectivity index is 1.73. The third-order valence-electron chi connectivity index (χ3n) is 4.23. The number of nitrogens with zero attached hydrogens (tertiary/aromatic N) is 2. The predicted molar refractivity (Wildman–Crippen MR) is 94.2 cm³/mol. The molecular weight excluding hydrogens is 339 g/mol. The number of rotatable bonds is 3. The number of carbonyl (C=O) groups excluding carboxylic acids is 1. The van der Waals surface area contributed by atoms with Crippen LogP contribution in [-0.2, 0) is 0 Å². The molecule has 0 radical (unpaired) electrons. The van der Waals surface area contributed by atoms with Gasteiger partial charge in [0, 0.05) is 11.3 Å². The minimum absolute atomic E-state index is 0.183. The normalized spacial score (nSPS) is 17.0. The molecule has 4 nitrogen and oxygen atoms in total. The molecule has 3 aromatic rings. The fourth-order valence-electron chi connectivity index (χ4n) is 2.96. The van der Waals surface area contributed by atoms with Gasteiger partial charge in [-0.25, -0.2) is 9.40 Å². The van der Waals surface area contributed by atoms with Crippen molar-refractivity contribution < 1.29 is 13.6 Å². The molecule has 0 saturated heterocycles. The quantitative estimate of drug-likeness (QED) is 0.679. The second kappa shape index (κ2) is 6.29. The maximum absolute atomic E-state index is 13.2. The maximum Gasteiger partial charge on any atom is 0.310 e. The zero-order chi connectivity index (χ0) is 17.4. The summed E-state index contributed by atoms with van der Waals surface area (Å²) in [6.45, 7) is 2.03. The Labute approximate surface area is 148 Å². The van der Waals surface area contributed by atoms with Gasteiger partial charge in [-0.3, -0.25) is 4.79 Å². The zero-order valence-corrected chi connectivity index (χ0v) is 14.3. The highest BCUT2D eigenvalue weighted by Gasteiger charge is 2.36. The lowest BCUT2D eigenvalue weighted by Crippen LogP contribution is -2.26. The van der Waals surface area contributed by atoms with Crippen LogP contribution in [0.2, 0.25) is 0 Å². The van der Waals surface area contributed by atoms with Gasteiger partial charge < -0.3 is 4.42 Å². The first kappa shape index (κ1) is 15.8. The van der Waals surface area contributed by atoms with E-state index in [1.54, 1.807) is 35.6 Å². The average Bonchev–Trinajstić information content (AvgIpc) is 3.35. The van der Waals surface area contributed by atoms with Gasteiger partial charge in [0.1, 0.15) is 5.82 Å². The van der Waals surface area contributed by atoms with Crippen LogP contribution in [0.3, 0.4) is 0 Å². The lowest BCUT2D eigenvalue weighted by Gasteiger charge is -2.20. The van der Waals surface area contributed by atoms with Crippen LogP contribution in [0, 0.1) is 12.7 Å². The van der Waals surface area contributed by atoms with Gasteiger partial charge in [-0.05, 0) is 53.8 Å². The van der Waals surface area contributed by atoms with E-state index in [4.69, 9.17) is 4.42 Å². The summed E-state index contributed by atoms with van der Waals surface area (Å²) >= 11 is 1.61. The molecule has 2 aromatic heterocycles. The van der Waals surface area contributed by atoms with Crippen LogP contribution in [-0.4, -0.2) is 16.6 Å². The van der Waals surface area contributed by atoms with Gasteiger partial charge in [0.15, 0.2) is 5.76 Å². The van der Waals surface area contributed by atoms with Crippen molar-refractivity contribution in [3.8, 4) is 0 Å². The SMILES string of the molecule is Cc1ccsc1[C@H]1CC(c2ccc(F)cc2)=NN1C(=O)c1ccco1. The molecular formula is C19H15FN2O2S. The smallest absolute Gasteiger partial charge is 0.310 e. The maximum atomic E-state index is 13.2. The molecule has 1 atom stereocenters. The Hall–Kier alpha value is -2.73. The molecule has 126 valence electrons. The molecule has 0 N–H and O–H groups in total. The molecule has 0 bridgehead atoms. The van der Waals surface area contributed by atoms with Crippen LogP contribution in [0.5, 0.6) is 0 Å². The van der Waals surface area contributed by atoms with Gasteiger partial charge in [-0.1, -0.05) is 12.1 Å². The van der Waals surface area contributed by atoms with Gasteiger partial charge in [-0.15, -0.1) is 11.3 Å². The molecule has 1 aliphatic rings. The molecule has 6 heteroatoms. The average molecular weight is 354 g/mol. The van der Waals surface area contributed by atoms with Crippen LogP contribution in [0.1, 0.15) is 39.0 Å². The Kier molecular flexibility index (Phi) is 3.97. The lowest BCUT2D eigenvalue weighted by molar-refractivity contribution is 0.0681. The Bertz CT molecular complexity index is 929. The third kappa shape index (κ3) is 2.89. The Morgan fingerprint density at radius 2 is 2.08 bits per heavy atom. The predicted octanol–water partition coefficient (Wildman–Crippen LogP) is 4.78. The monoisotopic (exact) mass is 354 g/mol. The third-order valence-corrected chi connectivity index (χ3v) is 5.35. The number of furan rings is 1. The first-order valence-corrected chi connectivity index (χ1v) is 8.76. The highest BCUT2D eigenvalue weighted by atomic mass is 32.1. The Morgan fingerprint density at radius 1 is 1.28 bits per heavy atom. The number of hydrogen-bond acceptors (Lipinski definition) is 4. The highest BCUT2D eigenvalue weighted by Crippen LogP contribution is 2.38. The standard InChI is InChI=1S/C19H15FN2O2S/c1-12-8-10-25-18(12)16-11-15(13-4-6-14(20)7-5-13)21-22(16)19(23)17-3-2-9-24-17/h2-10,16H,11H2,1H3/t16-/m1/s1. The van der Waals surface area contributed by atoms with E-state index >= 15 is 0 Å². The zero-order valence-electron chi connectivity index (χ0n) is 13.5. The second-order valence-corrected chi connectivity index (χ2v) is 6.82. The molecule has 0 saturated carbocycles. The fraction of sp³-hybridized carbons (Fsp3) is 0.158. The summed E-state index contributed by atoms with van der Waals surface area (Å²) in [6.07, 6.45) is 2.05. The minimum Gasteiger partial charge on any atom is -0.459 e. The summed E-state index contributed by atoms with van der Waals surface area (Å²) in [4.78, 5) is 13.9. The van der Waals surface area contributed by atoms with E-state index in [2.05, 4.69) is 5.10 Å². The van der Waals surface area contributed by atoms with Gasteiger partial charge in [0.2, 0.25) is 0 Å². The van der Waals surface area contributed by atoms with Crippen LogP contribution in [0.4, 0.5) is 4.39 Å². The summed E-state index contributed by atoms with van der Waals surface area (Å²) in [5, 5.41) is 8.04. The van der Waals surface area contributed by atoms with Crippen molar-refractivity contribution in [2.75, 3.05) is 0 Å². The van der Waals surface area contributed by atoms with Crippen LogP contribution in [0.15, 0.2) is 63.6 Å². The van der Waals surface area contributed by atoms with Crippen molar-refractivity contribution >= 4 is 23.0 Å². The first-order valence-electron chi connectivity index (χ1n) is 7.88. The van der Waals surface area contributed by atoms with Crippen molar-refractivity contribution in [2.45, 2.75) is 19.4 Å². The molecule has 0 unspecified atom stereocenters. The topological polar surface area (TPSA) is 45.8 Å². The van der Waals surface area contributed by atoms with Gasteiger partial charge in [-0.2, -0.15) is 5.10 Å². The molecule has 25 heavy (non-hydrogen) atoms. The summed E-state index contributed by atoms with van der Waals surface area (Å²) in [5.74, 6) is -0.320. The molecule has 0 fully saturated rings. The summed E-state index contributed by atoms with van der Waals surface area (Å²) in [5.41, 5.74) is 2.70. The van der Waals surface area contributed by atoms with Crippen LogP contribution in [0.25, 0.3) is 0 Å². The Morgan fingerprint density at radius 3 is 2.72 bits per heavy atom. The molecule has 0 aliphatic carbocycles. The van der Waals surface area contributed by atoms with E-state index in [0.29, 0.717) is 6.42 Å². The van der Waals surface area contributed by atoms with Crippen molar-refractivity contribution in [3.05, 3.63) is 81.7 Å². The second-order valence-electron chi connectivity index (χ2n) is 5.87. The summed E-state index contributed by atoms with van der Waals surface area (Å²) < 4.78 is 18.5.